The Labute approximate surface area is 84.3 Å². The zero-order valence-corrected chi connectivity index (χ0v) is 8.81. The highest BCUT2D eigenvalue weighted by atomic mass is 79.9. The Morgan fingerprint density at radius 1 is 1.69 bits per heavy atom. The molecule has 2 rings (SSSR count). The highest BCUT2D eigenvalue weighted by Crippen LogP contribution is 2.39. The smallest absolute Gasteiger partial charge is 0.353 e. The van der Waals surface area contributed by atoms with Crippen LogP contribution in [0.25, 0.3) is 0 Å². The molecular weight excluding hydrogens is 234 g/mol. The molecule has 1 atom stereocenters. The number of H-pyrrole nitrogens is 1. The van der Waals surface area contributed by atoms with Crippen LogP contribution in [-0.4, -0.2) is 16.1 Å². The van der Waals surface area contributed by atoms with Crippen molar-refractivity contribution in [3.8, 4) is 0 Å². The summed E-state index contributed by atoms with van der Waals surface area (Å²) in [5.74, 6) is -0.429. The first-order chi connectivity index (χ1) is 6.11. The number of aromatic amines is 1. The summed E-state index contributed by atoms with van der Waals surface area (Å²) in [7, 11) is 0. The second kappa shape index (κ2) is 2.87. The first-order valence-electron chi connectivity index (χ1n) is 4.24. The van der Waals surface area contributed by atoms with E-state index in [0.717, 1.165) is 28.6 Å². The average molecular weight is 244 g/mol. The third kappa shape index (κ3) is 1.20. The van der Waals surface area contributed by atoms with Crippen LogP contribution in [0.2, 0.25) is 0 Å². The normalized spacial score (nSPS) is 20.3. The van der Waals surface area contributed by atoms with Crippen LogP contribution in [0.15, 0.2) is 4.47 Å². The lowest BCUT2D eigenvalue weighted by Gasteiger charge is -2.01. The van der Waals surface area contributed by atoms with Gasteiger partial charge in [0.1, 0.15) is 5.69 Å². The Hall–Kier alpha value is -0.770. The van der Waals surface area contributed by atoms with Crippen molar-refractivity contribution < 1.29 is 9.90 Å². The van der Waals surface area contributed by atoms with E-state index in [0.29, 0.717) is 5.92 Å². The number of fused-ring (bicyclic) bond motifs is 1. The minimum absolute atomic E-state index is 0.288. The molecule has 1 aliphatic rings. The quantitative estimate of drug-likeness (QED) is 0.797. The van der Waals surface area contributed by atoms with E-state index in [2.05, 4.69) is 27.8 Å². The van der Waals surface area contributed by atoms with Crippen molar-refractivity contribution >= 4 is 21.9 Å². The zero-order valence-electron chi connectivity index (χ0n) is 7.22. The summed E-state index contributed by atoms with van der Waals surface area (Å²) in [6.07, 6.45) is 2.07. The third-order valence-corrected chi connectivity index (χ3v) is 3.41. The van der Waals surface area contributed by atoms with Gasteiger partial charge in [0.15, 0.2) is 0 Å². The van der Waals surface area contributed by atoms with Crippen molar-refractivity contribution in [2.45, 2.75) is 25.7 Å². The van der Waals surface area contributed by atoms with E-state index < -0.39 is 5.97 Å². The van der Waals surface area contributed by atoms with Gasteiger partial charge in [-0.05, 0) is 40.3 Å². The number of rotatable bonds is 1. The van der Waals surface area contributed by atoms with Crippen LogP contribution in [0.4, 0.5) is 0 Å². The summed E-state index contributed by atoms with van der Waals surface area (Å²) in [4.78, 5) is 13.7. The molecule has 1 aromatic rings. The Morgan fingerprint density at radius 2 is 2.38 bits per heavy atom. The third-order valence-electron chi connectivity index (χ3n) is 2.59. The van der Waals surface area contributed by atoms with Gasteiger partial charge in [-0.25, -0.2) is 4.79 Å². The van der Waals surface area contributed by atoms with E-state index in [1.54, 1.807) is 0 Å². The second-order valence-corrected chi connectivity index (χ2v) is 4.24. The van der Waals surface area contributed by atoms with E-state index in [1.165, 1.54) is 0 Å². The Kier molecular flexibility index (Phi) is 1.95. The molecule has 1 unspecified atom stereocenters. The molecule has 0 saturated carbocycles. The maximum absolute atomic E-state index is 10.8. The maximum atomic E-state index is 10.8. The van der Waals surface area contributed by atoms with Crippen LogP contribution in [0.5, 0.6) is 0 Å². The molecule has 1 aromatic heterocycles. The minimum Gasteiger partial charge on any atom is -0.477 e. The van der Waals surface area contributed by atoms with Gasteiger partial charge in [-0.2, -0.15) is 0 Å². The number of carboxylic acid groups (broad SMARTS) is 1. The summed E-state index contributed by atoms with van der Waals surface area (Å²) in [6, 6.07) is 0. The lowest BCUT2D eigenvalue weighted by Crippen LogP contribution is -1.98. The van der Waals surface area contributed by atoms with E-state index in [9.17, 15) is 4.79 Å². The molecule has 0 saturated heterocycles. The standard InChI is InChI=1S/C9H10BrNO2/c1-4-2-3-5-6(4)7(10)8(11-5)9(12)13/h4,11H,2-3H2,1H3,(H,12,13). The predicted molar refractivity (Wildman–Crippen MR) is 52.2 cm³/mol. The number of carboxylic acids is 1. The average Bonchev–Trinajstić information content (AvgIpc) is 2.55. The lowest BCUT2D eigenvalue weighted by molar-refractivity contribution is 0.0690. The van der Waals surface area contributed by atoms with Crippen molar-refractivity contribution in [2.75, 3.05) is 0 Å². The maximum Gasteiger partial charge on any atom is 0.353 e. The number of halogens is 1. The monoisotopic (exact) mass is 243 g/mol. The molecule has 0 aliphatic heterocycles. The van der Waals surface area contributed by atoms with Gasteiger partial charge in [0.25, 0.3) is 0 Å². The molecule has 0 radical (unpaired) electrons. The molecular formula is C9H10BrNO2. The van der Waals surface area contributed by atoms with Gasteiger partial charge < -0.3 is 10.1 Å². The summed E-state index contributed by atoms with van der Waals surface area (Å²) in [5, 5.41) is 8.85. The first-order valence-corrected chi connectivity index (χ1v) is 5.04. The van der Waals surface area contributed by atoms with Gasteiger partial charge in [0.05, 0.1) is 4.47 Å². The number of aromatic nitrogens is 1. The SMILES string of the molecule is CC1CCc2[nH]c(C(=O)O)c(Br)c21. The molecule has 0 aromatic carbocycles. The molecule has 0 amide bonds. The predicted octanol–water partition coefficient (Wildman–Crippen LogP) is 2.53. The first kappa shape index (κ1) is 8.81. The van der Waals surface area contributed by atoms with Gasteiger partial charge in [-0.1, -0.05) is 6.92 Å². The highest BCUT2D eigenvalue weighted by molar-refractivity contribution is 9.10. The number of nitrogens with one attached hydrogen (secondary N) is 1. The van der Waals surface area contributed by atoms with Gasteiger partial charge in [-0.15, -0.1) is 0 Å². The molecule has 1 aliphatic carbocycles. The van der Waals surface area contributed by atoms with E-state index >= 15 is 0 Å². The van der Waals surface area contributed by atoms with Crippen molar-refractivity contribution in [3.05, 3.63) is 21.4 Å². The summed E-state index contributed by atoms with van der Waals surface area (Å²) in [5.41, 5.74) is 2.52. The van der Waals surface area contributed by atoms with Crippen molar-refractivity contribution in [2.24, 2.45) is 0 Å². The fourth-order valence-corrected chi connectivity index (χ4v) is 2.80. The molecule has 3 nitrogen and oxygen atoms in total. The van der Waals surface area contributed by atoms with E-state index in [1.807, 2.05) is 0 Å². The Balaban J connectivity index is 2.56. The number of carbonyl (C=O) groups is 1. The fraction of sp³-hybridized carbons (Fsp3) is 0.444. The van der Waals surface area contributed by atoms with Crippen LogP contribution in [0.1, 0.15) is 41.0 Å². The molecule has 1 heterocycles. The highest BCUT2D eigenvalue weighted by Gasteiger charge is 2.27. The van der Waals surface area contributed by atoms with Gasteiger partial charge >= 0.3 is 5.97 Å². The largest absolute Gasteiger partial charge is 0.477 e. The van der Waals surface area contributed by atoms with Crippen molar-refractivity contribution in [3.63, 3.8) is 0 Å². The Morgan fingerprint density at radius 3 is 2.92 bits per heavy atom. The topological polar surface area (TPSA) is 53.1 Å². The van der Waals surface area contributed by atoms with Crippen LogP contribution in [0.3, 0.4) is 0 Å². The van der Waals surface area contributed by atoms with Gasteiger partial charge in [0, 0.05) is 5.69 Å². The van der Waals surface area contributed by atoms with Crippen LogP contribution < -0.4 is 0 Å². The van der Waals surface area contributed by atoms with Crippen molar-refractivity contribution in [1.82, 2.24) is 4.98 Å². The molecule has 4 heteroatoms. The molecule has 2 N–H and O–H groups in total. The minimum atomic E-state index is -0.895. The number of hydrogen-bond donors (Lipinski definition) is 2. The summed E-state index contributed by atoms with van der Waals surface area (Å²) >= 11 is 3.33. The van der Waals surface area contributed by atoms with Crippen molar-refractivity contribution in [1.29, 1.82) is 0 Å². The Bertz CT molecular complexity index is 370. The number of aryl methyl sites for hydroxylation is 1. The van der Waals surface area contributed by atoms with Crippen LogP contribution in [0, 0.1) is 0 Å². The molecule has 13 heavy (non-hydrogen) atoms. The zero-order chi connectivity index (χ0) is 9.59. The molecule has 70 valence electrons. The van der Waals surface area contributed by atoms with Crippen LogP contribution in [-0.2, 0) is 6.42 Å². The molecule has 0 spiro atoms. The van der Waals surface area contributed by atoms with Crippen LogP contribution >= 0.6 is 15.9 Å². The van der Waals surface area contributed by atoms with E-state index in [-0.39, 0.29) is 5.69 Å². The number of hydrogen-bond acceptors (Lipinski definition) is 1. The molecule has 0 fully saturated rings. The fourth-order valence-electron chi connectivity index (χ4n) is 1.90. The van der Waals surface area contributed by atoms with Gasteiger partial charge in [0.2, 0.25) is 0 Å². The lowest BCUT2D eigenvalue weighted by atomic mass is 10.1. The number of aromatic carboxylic acids is 1. The summed E-state index contributed by atoms with van der Waals surface area (Å²) in [6.45, 7) is 2.12. The second-order valence-electron chi connectivity index (χ2n) is 3.45. The van der Waals surface area contributed by atoms with E-state index in [4.69, 9.17) is 5.11 Å². The summed E-state index contributed by atoms with van der Waals surface area (Å²) < 4.78 is 0.736. The van der Waals surface area contributed by atoms with Gasteiger partial charge in [-0.3, -0.25) is 0 Å². The molecule has 0 bridgehead atoms.